The van der Waals surface area contributed by atoms with Crippen molar-refractivity contribution in [3.63, 3.8) is 0 Å². The van der Waals surface area contributed by atoms with Crippen LogP contribution in [0.25, 0.3) is 10.9 Å². The number of aryl methyl sites for hydroxylation is 1. The summed E-state index contributed by atoms with van der Waals surface area (Å²) in [4.78, 5) is 15.1. The molecule has 0 atom stereocenters. The van der Waals surface area contributed by atoms with Crippen LogP contribution in [-0.4, -0.2) is 16.0 Å². The minimum absolute atomic E-state index is 0.0895. The highest BCUT2D eigenvalue weighted by molar-refractivity contribution is 7.12. The number of benzene rings is 1. The predicted molar refractivity (Wildman–Crippen MR) is 77.9 cm³/mol. The lowest BCUT2D eigenvalue weighted by Gasteiger charge is -1.93. The van der Waals surface area contributed by atoms with E-state index in [1.807, 2.05) is 25.1 Å². The van der Waals surface area contributed by atoms with Crippen molar-refractivity contribution in [1.82, 2.24) is 4.98 Å². The van der Waals surface area contributed by atoms with Gasteiger partial charge < -0.3 is 10.1 Å². The third-order valence-corrected chi connectivity index (χ3v) is 3.74. The van der Waals surface area contributed by atoms with Crippen LogP contribution in [0.1, 0.15) is 15.2 Å². The van der Waals surface area contributed by atoms with Gasteiger partial charge in [0, 0.05) is 5.39 Å². The smallest absolute Gasteiger partial charge is 0.305 e. The van der Waals surface area contributed by atoms with Gasteiger partial charge in [-0.3, -0.25) is 4.79 Å². The largest absolute Gasteiger partial charge is 0.493 e. The molecular formula is C14H11N3O2S. The van der Waals surface area contributed by atoms with Crippen molar-refractivity contribution in [2.24, 2.45) is 10.2 Å². The van der Waals surface area contributed by atoms with Crippen molar-refractivity contribution >= 4 is 33.8 Å². The fraction of sp³-hybridized carbons (Fsp3) is 0.0714. The van der Waals surface area contributed by atoms with Gasteiger partial charge in [-0.15, -0.1) is 21.6 Å². The molecule has 0 aliphatic heterocycles. The molecule has 100 valence electrons. The molecule has 0 bridgehead atoms. The van der Waals surface area contributed by atoms with Crippen LogP contribution in [0.4, 0.5) is 5.69 Å². The summed E-state index contributed by atoms with van der Waals surface area (Å²) in [7, 11) is 0. The number of nitrogens with zero attached hydrogens (tertiary/aromatic N) is 2. The van der Waals surface area contributed by atoms with Crippen LogP contribution in [0.3, 0.4) is 0 Å². The Morgan fingerprint density at radius 2 is 2.20 bits per heavy atom. The Labute approximate surface area is 118 Å². The quantitative estimate of drug-likeness (QED) is 0.693. The Kier molecular flexibility index (Phi) is 3.08. The standard InChI is InChI=1S/C14H11N3O2S/c1-8-4-5-10-9(7-8)12(14(19)15-10)16-17-13(18)11-3-2-6-20-11/h2-7,15,19H,1H3. The van der Waals surface area contributed by atoms with Crippen LogP contribution in [-0.2, 0) is 0 Å². The van der Waals surface area contributed by atoms with Gasteiger partial charge in [0.25, 0.3) is 0 Å². The van der Waals surface area contributed by atoms with E-state index in [-0.39, 0.29) is 11.6 Å². The number of carbonyl (C=O) groups excluding carboxylic acids is 1. The molecule has 2 heterocycles. The van der Waals surface area contributed by atoms with Gasteiger partial charge in [0.05, 0.1) is 10.4 Å². The molecule has 0 saturated carbocycles. The SMILES string of the molecule is Cc1ccc2[nH]c(O)c(N=NC(=O)c3cccs3)c2c1. The highest BCUT2D eigenvalue weighted by Crippen LogP contribution is 2.36. The van der Waals surface area contributed by atoms with E-state index in [0.717, 1.165) is 16.5 Å². The van der Waals surface area contributed by atoms with Crippen LogP contribution >= 0.6 is 11.3 Å². The molecule has 3 aromatic rings. The zero-order valence-electron chi connectivity index (χ0n) is 10.6. The highest BCUT2D eigenvalue weighted by atomic mass is 32.1. The zero-order chi connectivity index (χ0) is 14.1. The molecule has 1 amide bonds. The number of rotatable bonds is 2. The van der Waals surface area contributed by atoms with E-state index in [4.69, 9.17) is 0 Å². The Bertz CT molecular complexity index is 803. The summed E-state index contributed by atoms with van der Waals surface area (Å²) in [5, 5.41) is 20.0. The average Bonchev–Trinajstić information content (AvgIpc) is 3.04. The molecule has 0 fully saturated rings. The summed E-state index contributed by atoms with van der Waals surface area (Å²) in [6, 6.07) is 9.13. The molecule has 0 aliphatic carbocycles. The van der Waals surface area contributed by atoms with E-state index < -0.39 is 5.91 Å². The fourth-order valence-electron chi connectivity index (χ4n) is 1.92. The van der Waals surface area contributed by atoms with E-state index in [9.17, 15) is 9.90 Å². The minimum Gasteiger partial charge on any atom is -0.493 e. The van der Waals surface area contributed by atoms with E-state index in [1.165, 1.54) is 11.3 Å². The van der Waals surface area contributed by atoms with E-state index >= 15 is 0 Å². The maximum atomic E-state index is 11.8. The summed E-state index contributed by atoms with van der Waals surface area (Å²) in [6.07, 6.45) is 0. The zero-order valence-corrected chi connectivity index (χ0v) is 11.4. The molecule has 2 N–H and O–H groups in total. The molecule has 0 spiro atoms. The third-order valence-electron chi connectivity index (χ3n) is 2.88. The van der Waals surface area contributed by atoms with Crippen molar-refractivity contribution < 1.29 is 9.90 Å². The molecule has 2 aromatic heterocycles. The van der Waals surface area contributed by atoms with Crippen LogP contribution in [0.15, 0.2) is 45.9 Å². The molecule has 1 aromatic carbocycles. The second-order valence-electron chi connectivity index (χ2n) is 4.35. The van der Waals surface area contributed by atoms with E-state index in [1.54, 1.807) is 17.5 Å². The maximum absolute atomic E-state index is 11.8. The lowest BCUT2D eigenvalue weighted by atomic mass is 10.2. The first kappa shape index (κ1) is 12.6. The van der Waals surface area contributed by atoms with Crippen molar-refractivity contribution in [2.45, 2.75) is 6.92 Å². The number of hydrogen-bond acceptors (Lipinski definition) is 4. The topological polar surface area (TPSA) is 77.8 Å². The number of azo groups is 1. The average molecular weight is 285 g/mol. The lowest BCUT2D eigenvalue weighted by Crippen LogP contribution is -1.87. The summed E-state index contributed by atoms with van der Waals surface area (Å²) < 4.78 is 0. The van der Waals surface area contributed by atoms with Gasteiger partial charge >= 0.3 is 5.91 Å². The lowest BCUT2D eigenvalue weighted by molar-refractivity contribution is 0.0999. The number of nitrogens with one attached hydrogen (secondary N) is 1. The predicted octanol–water partition coefficient (Wildman–Crippen LogP) is 4.17. The molecule has 0 aliphatic rings. The summed E-state index contributed by atoms with van der Waals surface area (Å²) in [5.41, 5.74) is 2.08. The Balaban J connectivity index is 2.00. The molecule has 0 unspecified atom stereocenters. The molecule has 0 radical (unpaired) electrons. The minimum atomic E-state index is -0.415. The number of amides is 1. The van der Waals surface area contributed by atoms with Gasteiger partial charge in [-0.1, -0.05) is 17.7 Å². The number of fused-ring (bicyclic) bond motifs is 1. The van der Waals surface area contributed by atoms with Gasteiger partial charge in [0.1, 0.15) is 0 Å². The van der Waals surface area contributed by atoms with Crippen LogP contribution in [0.5, 0.6) is 5.88 Å². The number of aromatic nitrogens is 1. The summed E-state index contributed by atoms with van der Waals surface area (Å²) >= 11 is 1.30. The first-order valence-electron chi connectivity index (χ1n) is 5.96. The van der Waals surface area contributed by atoms with Crippen molar-refractivity contribution in [2.75, 3.05) is 0 Å². The first-order chi connectivity index (χ1) is 9.65. The Hall–Kier alpha value is -2.47. The molecule has 3 rings (SSSR count). The van der Waals surface area contributed by atoms with Gasteiger partial charge in [-0.2, -0.15) is 0 Å². The number of hydrogen-bond donors (Lipinski definition) is 2. The van der Waals surface area contributed by atoms with E-state index in [2.05, 4.69) is 15.2 Å². The second kappa shape index (κ2) is 4.90. The monoisotopic (exact) mass is 285 g/mol. The number of aromatic amines is 1. The Morgan fingerprint density at radius 1 is 1.35 bits per heavy atom. The number of carbonyl (C=O) groups is 1. The van der Waals surface area contributed by atoms with E-state index in [0.29, 0.717) is 4.88 Å². The fourth-order valence-corrected chi connectivity index (χ4v) is 2.53. The normalized spacial score (nSPS) is 11.4. The molecule has 20 heavy (non-hydrogen) atoms. The molecule has 0 saturated heterocycles. The molecular weight excluding hydrogens is 274 g/mol. The summed E-state index contributed by atoms with van der Waals surface area (Å²) in [5.74, 6) is -0.505. The van der Waals surface area contributed by atoms with Gasteiger partial charge in [-0.05, 0) is 30.5 Å². The van der Waals surface area contributed by atoms with Crippen LogP contribution in [0, 0.1) is 6.92 Å². The third kappa shape index (κ3) is 2.21. The first-order valence-corrected chi connectivity index (χ1v) is 6.84. The highest BCUT2D eigenvalue weighted by Gasteiger charge is 2.11. The number of aromatic hydroxyl groups is 1. The van der Waals surface area contributed by atoms with Crippen molar-refractivity contribution in [3.05, 3.63) is 46.2 Å². The van der Waals surface area contributed by atoms with Gasteiger partial charge in [-0.25, -0.2) is 0 Å². The van der Waals surface area contributed by atoms with Crippen molar-refractivity contribution in [3.8, 4) is 5.88 Å². The second-order valence-corrected chi connectivity index (χ2v) is 5.30. The van der Waals surface area contributed by atoms with Crippen LogP contribution in [0.2, 0.25) is 0 Å². The van der Waals surface area contributed by atoms with Gasteiger partial charge in [0.2, 0.25) is 5.88 Å². The number of H-pyrrole nitrogens is 1. The van der Waals surface area contributed by atoms with Crippen LogP contribution < -0.4 is 0 Å². The number of thiophene rings is 1. The van der Waals surface area contributed by atoms with Gasteiger partial charge in [0.15, 0.2) is 5.69 Å². The Morgan fingerprint density at radius 3 is 2.95 bits per heavy atom. The van der Waals surface area contributed by atoms with Crippen molar-refractivity contribution in [1.29, 1.82) is 0 Å². The maximum Gasteiger partial charge on any atom is 0.305 e. The molecule has 5 nitrogen and oxygen atoms in total. The summed E-state index contributed by atoms with van der Waals surface area (Å²) in [6.45, 7) is 1.95. The molecule has 6 heteroatoms.